The van der Waals surface area contributed by atoms with Crippen molar-refractivity contribution in [3.63, 3.8) is 0 Å². The van der Waals surface area contributed by atoms with Crippen molar-refractivity contribution in [2.45, 2.75) is 12.2 Å². The van der Waals surface area contributed by atoms with Crippen molar-refractivity contribution >= 4 is 6.34 Å². The minimum absolute atomic E-state index is 0.0521. The summed E-state index contributed by atoms with van der Waals surface area (Å²) < 4.78 is 35.4. The van der Waals surface area contributed by atoms with E-state index in [1.165, 1.54) is 11.2 Å². The highest BCUT2D eigenvalue weighted by Gasteiger charge is 2.41. The molecule has 0 spiro atoms. The van der Waals surface area contributed by atoms with Crippen molar-refractivity contribution < 1.29 is 13.2 Å². The second kappa shape index (κ2) is 2.14. The fourth-order valence-electron chi connectivity index (χ4n) is 0.749. The molecule has 0 saturated heterocycles. The Morgan fingerprint density at radius 2 is 2.20 bits per heavy atom. The zero-order valence-corrected chi connectivity index (χ0v) is 5.39. The van der Waals surface area contributed by atoms with E-state index in [4.69, 9.17) is 0 Å². The van der Waals surface area contributed by atoms with Crippen molar-refractivity contribution in [1.29, 1.82) is 0 Å². The molecule has 0 radical (unpaired) electrons. The second-order valence-corrected chi connectivity index (χ2v) is 2.26. The molecule has 1 rings (SSSR count). The first-order chi connectivity index (χ1) is 4.50. The average Bonchev–Trinajstić information content (AvgIpc) is 2.11. The van der Waals surface area contributed by atoms with Crippen LogP contribution in [0.15, 0.2) is 4.99 Å². The van der Waals surface area contributed by atoms with Crippen LogP contribution in [-0.4, -0.2) is 37.0 Å². The van der Waals surface area contributed by atoms with Crippen molar-refractivity contribution in [2.75, 3.05) is 13.6 Å². The number of rotatable bonds is 0. The molecule has 5 heteroatoms. The van der Waals surface area contributed by atoms with E-state index in [0.29, 0.717) is 0 Å². The van der Waals surface area contributed by atoms with Crippen LogP contribution in [0.25, 0.3) is 0 Å². The first-order valence-electron chi connectivity index (χ1n) is 2.80. The molecule has 0 saturated carbocycles. The molecule has 0 bridgehead atoms. The first kappa shape index (κ1) is 7.37. The number of nitrogens with zero attached hydrogens (tertiary/aromatic N) is 2. The smallest absolute Gasteiger partial charge is 0.363 e. The van der Waals surface area contributed by atoms with Gasteiger partial charge in [0.1, 0.15) is 0 Å². The molecule has 1 atom stereocenters. The number of hydrogen-bond acceptors (Lipinski definition) is 2. The van der Waals surface area contributed by atoms with Crippen LogP contribution >= 0.6 is 0 Å². The molecule has 1 aliphatic heterocycles. The SMILES string of the molecule is CN1C=NC(C(F)(F)F)C1. The Hall–Kier alpha value is -0.740. The van der Waals surface area contributed by atoms with Gasteiger partial charge >= 0.3 is 6.18 Å². The predicted octanol–water partition coefficient (Wildman–Crippen LogP) is 0.891. The van der Waals surface area contributed by atoms with E-state index in [1.807, 2.05) is 0 Å². The summed E-state index contributed by atoms with van der Waals surface area (Å²) in [5.74, 6) is 0. The molecule has 10 heavy (non-hydrogen) atoms. The van der Waals surface area contributed by atoms with Crippen LogP contribution in [0.1, 0.15) is 0 Å². The third-order valence-electron chi connectivity index (χ3n) is 1.28. The minimum Gasteiger partial charge on any atom is -0.363 e. The van der Waals surface area contributed by atoms with E-state index in [2.05, 4.69) is 4.99 Å². The topological polar surface area (TPSA) is 15.6 Å². The van der Waals surface area contributed by atoms with Gasteiger partial charge in [-0.15, -0.1) is 0 Å². The largest absolute Gasteiger partial charge is 0.412 e. The van der Waals surface area contributed by atoms with Crippen LogP contribution in [0.4, 0.5) is 13.2 Å². The average molecular weight is 152 g/mol. The van der Waals surface area contributed by atoms with Crippen LogP contribution < -0.4 is 0 Å². The van der Waals surface area contributed by atoms with Crippen LogP contribution in [0, 0.1) is 0 Å². The summed E-state index contributed by atoms with van der Waals surface area (Å²) >= 11 is 0. The molecule has 1 heterocycles. The van der Waals surface area contributed by atoms with Crippen LogP contribution in [0.5, 0.6) is 0 Å². The molecule has 2 nitrogen and oxygen atoms in total. The molecule has 0 aromatic carbocycles. The third kappa shape index (κ3) is 1.40. The Balaban J connectivity index is 2.55. The van der Waals surface area contributed by atoms with Crippen LogP contribution in [0.3, 0.4) is 0 Å². The number of hydrogen-bond donors (Lipinski definition) is 0. The first-order valence-corrected chi connectivity index (χ1v) is 2.80. The summed E-state index contributed by atoms with van der Waals surface area (Å²) in [4.78, 5) is 4.68. The molecule has 0 aromatic rings. The van der Waals surface area contributed by atoms with Crippen molar-refractivity contribution in [3.05, 3.63) is 0 Å². The quantitative estimate of drug-likeness (QED) is 0.503. The Morgan fingerprint density at radius 3 is 2.40 bits per heavy atom. The Bertz CT molecular complexity index is 151. The fraction of sp³-hybridized carbons (Fsp3) is 0.800. The summed E-state index contributed by atoms with van der Waals surface area (Å²) in [5.41, 5.74) is 0. The van der Waals surface area contributed by atoms with Crippen molar-refractivity contribution in [3.8, 4) is 0 Å². The van der Waals surface area contributed by atoms with Gasteiger partial charge in [-0.1, -0.05) is 0 Å². The zero-order valence-electron chi connectivity index (χ0n) is 5.39. The molecule has 1 unspecified atom stereocenters. The molecular formula is C5H7F3N2. The molecule has 0 N–H and O–H groups in total. The lowest BCUT2D eigenvalue weighted by Gasteiger charge is -2.12. The highest BCUT2D eigenvalue weighted by molar-refractivity contribution is 5.57. The van der Waals surface area contributed by atoms with Crippen molar-refractivity contribution in [2.24, 2.45) is 4.99 Å². The Labute approximate surface area is 56.3 Å². The number of alkyl halides is 3. The highest BCUT2D eigenvalue weighted by atomic mass is 19.4. The molecular weight excluding hydrogens is 145 g/mol. The molecule has 58 valence electrons. The van der Waals surface area contributed by atoms with Gasteiger partial charge in [-0.05, 0) is 0 Å². The van der Waals surface area contributed by atoms with Gasteiger partial charge in [-0.25, -0.2) is 0 Å². The zero-order chi connectivity index (χ0) is 7.78. The van der Waals surface area contributed by atoms with E-state index < -0.39 is 12.2 Å². The van der Waals surface area contributed by atoms with Gasteiger partial charge in [0.05, 0.1) is 6.34 Å². The van der Waals surface area contributed by atoms with Gasteiger partial charge < -0.3 is 4.90 Å². The Kier molecular flexibility index (Phi) is 1.58. The van der Waals surface area contributed by atoms with Gasteiger partial charge in [0.15, 0.2) is 6.04 Å². The summed E-state index contributed by atoms with van der Waals surface area (Å²) in [6, 6.07) is -1.52. The number of likely N-dealkylation sites (N-methyl/N-ethyl adjacent to an activating group) is 1. The van der Waals surface area contributed by atoms with Crippen LogP contribution in [-0.2, 0) is 0 Å². The van der Waals surface area contributed by atoms with E-state index in [1.54, 1.807) is 7.05 Å². The monoisotopic (exact) mass is 152 g/mol. The van der Waals surface area contributed by atoms with Crippen molar-refractivity contribution in [1.82, 2.24) is 4.90 Å². The second-order valence-electron chi connectivity index (χ2n) is 2.26. The normalized spacial score (nSPS) is 26.0. The summed E-state index contributed by atoms with van der Waals surface area (Å²) in [5, 5.41) is 0. The number of aliphatic imine (C=N–C) groups is 1. The van der Waals surface area contributed by atoms with Gasteiger partial charge in [0, 0.05) is 13.6 Å². The summed E-state index contributed by atoms with van der Waals surface area (Å²) in [6.45, 7) is -0.0521. The maximum Gasteiger partial charge on any atom is 0.412 e. The van der Waals surface area contributed by atoms with Crippen LogP contribution in [0.2, 0.25) is 0 Å². The standard InChI is InChI=1S/C5H7F3N2/c1-10-2-4(9-3-10)5(6,7)8/h3-4H,2H2,1H3. The lowest BCUT2D eigenvalue weighted by molar-refractivity contribution is -0.145. The predicted molar refractivity (Wildman–Crippen MR) is 31.0 cm³/mol. The maximum absolute atomic E-state index is 11.8. The molecule has 0 amide bonds. The maximum atomic E-state index is 11.8. The molecule has 0 fully saturated rings. The number of halogens is 3. The molecule has 0 aliphatic carbocycles. The Morgan fingerprint density at radius 1 is 1.60 bits per heavy atom. The molecule has 0 aromatic heterocycles. The minimum atomic E-state index is -4.18. The third-order valence-corrected chi connectivity index (χ3v) is 1.28. The van der Waals surface area contributed by atoms with E-state index in [9.17, 15) is 13.2 Å². The van der Waals surface area contributed by atoms with E-state index in [0.717, 1.165) is 0 Å². The fourth-order valence-corrected chi connectivity index (χ4v) is 0.749. The highest BCUT2D eigenvalue weighted by Crippen LogP contribution is 2.24. The summed E-state index contributed by atoms with van der Waals surface area (Å²) in [7, 11) is 1.56. The van der Waals surface area contributed by atoms with Gasteiger partial charge in [0.25, 0.3) is 0 Å². The van der Waals surface area contributed by atoms with E-state index in [-0.39, 0.29) is 6.54 Å². The van der Waals surface area contributed by atoms with Gasteiger partial charge in [0.2, 0.25) is 0 Å². The lowest BCUT2D eigenvalue weighted by Crippen LogP contribution is -2.31. The molecule has 1 aliphatic rings. The lowest BCUT2D eigenvalue weighted by atomic mass is 10.3. The van der Waals surface area contributed by atoms with Gasteiger partial charge in [-0.3, -0.25) is 4.99 Å². The van der Waals surface area contributed by atoms with Gasteiger partial charge in [-0.2, -0.15) is 13.2 Å². The van der Waals surface area contributed by atoms with E-state index >= 15 is 0 Å². The summed E-state index contributed by atoms with van der Waals surface area (Å²) in [6.07, 6.45) is -2.97.